The third-order valence-corrected chi connectivity index (χ3v) is 8.44. The first-order valence-corrected chi connectivity index (χ1v) is 11.5. The van der Waals surface area contributed by atoms with Gasteiger partial charge in [0.05, 0.1) is 28.2 Å². The quantitative estimate of drug-likeness (QED) is 0.278. The Balaban J connectivity index is 1.73. The van der Waals surface area contributed by atoms with E-state index in [0.29, 0.717) is 9.90 Å². The third kappa shape index (κ3) is 3.34. The van der Waals surface area contributed by atoms with Crippen molar-refractivity contribution in [3.63, 3.8) is 0 Å². The van der Waals surface area contributed by atoms with Gasteiger partial charge in [-0.05, 0) is 19.1 Å². The van der Waals surface area contributed by atoms with Crippen LogP contribution in [0.4, 0.5) is 11.4 Å². The van der Waals surface area contributed by atoms with Crippen LogP contribution in [0, 0.1) is 16.0 Å². The number of benzene rings is 1. The lowest BCUT2D eigenvalue weighted by Crippen LogP contribution is -2.41. The number of rotatable bonds is 5. The number of aromatic nitrogens is 1. The minimum atomic E-state index is -0.836. The van der Waals surface area contributed by atoms with E-state index < -0.39 is 39.3 Å². The summed E-state index contributed by atoms with van der Waals surface area (Å²) >= 11 is 2.06. The van der Waals surface area contributed by atoms with Crippen LogP contribution in [0.5, 0.6) is 0 Å². The number of nitro benzene ring substituents is 1. The molecule has 2 atom stereocenters. The lowest BCUT2D eigenvalue weighted by atomic mass is 9.76. The maximum Gasteiger partial charge on any atom is 0.326 e. The predicted octanol–water partition coefficient (Wildman–Crippen LogP) is 2.32. The number of nitrogens with zero attached hydrogens (tertiary/aromatic N) is 3. The molecule has 0 radical (unpaired) electrons. The highest BCUT2D eigenvalue weighted by atomic mass is 32.2. The van der Waals surface area contributed by atoms with Crippen LogP contribution in [-0.4, -0.2) is 39.1 Å². The number of hydrogen-bond acceptors (Lipinski definition) is 9. The molecular weight excluding hydrogens is 458 g/mol. The highest BCUT2D eigenvalue weighted by Gasteiger charge is 2.59. The highest BCUT2D eigenvalue weighted by Crippen LogP contribution is 2.54. The number of amides is 2. The minimum Gasteiger partial charge on any atom is -0.465 e. The maximum absolute atomic E-state index is 13.4. The zero-order chi connectivity index (χ0) is 23.4. The van der Waals surface area contributed by atoms with Gasteiger partial charge in [0.15, 0.2) is 0 Å². The summed E-state index contributed by atoms with van der Waals surface area (Å²) in [6, 6.07) is 5.22. The molecule has 2 aliphatic heterocycles. The summed E-state index contributed by atoms with van der Waals surface area (Å²) < 4.78 is 6.26. The van der Waals surface area contributed by atoms with Crippen molar-refractivity contribution in [2.24, 2.45) is 5.92 Å². The summed E-state index contributed by atoms with van der Waals surface area (Å²) in [5.41, 5.74) is -0.731. The Labute approximate surface area is 190 Å². The number of thiazole rings is 1. The van der Waals surface area contributed by atoms with Crippen molar-refractivity contribution in [1.29, 1.82) is 0 Å². The molecule has 0 aliphatic carbocycles. The van der Waals surface area contributed by atoms with Gasteiger partial charge in [0.25, 0.3) is 5.69 Å². The lowest BCUT2D eigenvalue weighted by Gasteiger charge is -2.36. The molecule has 0 saturated carbocycles. The molecule has 2 unspecified atom stereocenters. The number of thioether (sulfide) groups is 1. The second-order valence-corrected chi connectivity index (χ2v) is 10.0. The smallest absolute Gasteiger partial charge is 0.326 e. The Hall–Kier alpha value is -2.99. The van der Waals surface area contributed by atoms with Crippen LogP contribution < -0.4 is 9.77 Å². The van der Waals surface area contributed by atoms with Gasteiger partial charge in [-0.25, -0.2) is 4.90 Å². The lowest BCUT2D eigenvalue weighted by molar-refractivity contribution is -0.384. The van der Waals surface area contributed by atoms with E-state index in [-0.39, 0.29) is 29.4 Å². The van der Waals surface area contributed by atoms with Gasteiger partial charge in [0, 0.05) is 22.4 Å². The SMILES string of the molecule is CCOC(=O)Cn1c2c(sc1=O)C(C)(C)C1C(=O)N(c3ccc([N+](=O)[O-])cc3)C(=O)C1S2. The Kier molecular flexibility index (Phi) is 5.45. The first-order valence-electron chi connectivity index (χ1n) is 9.76. The van der Waals surface area contributed by atoms with Crippen molar-refractivity contribution in [3.05, 3.63) is 48.9 Å². The summed E-state index contributed by atoms with van der Waals surface area (Å²) in [6.07, 6.45) is 0. The molecule has 1 aromatic heterocycles. The number of ether oxygens (including phenoxy) is 1. The third-order valence-electron chi connectivity index (χ3n) is 5.61. The van der Waals surface area contributed by atoms with E-state index in [0.717, 1.165) is 28.0 Å². The van der Waals surface area contributed by atoms with Gasteiger partial charge in [-0.1, -0.05) is 36.9 Å². The van der Waals surface area contributed by atoms with Gasteiger partial charge in [-0.2, -0.15) is 0 Å². The molecule has 168 valence electrons. The van der Waals surface area contributed by atoms with E-state index in [1.807, 2.05) is 0 Å². The number of imide groups is 1. The second-order valence-electron chi connectivity index (χ2n) is 7.92. The molecule has 1 aromatic carbocycles. The minimum absolute atomic E-state index is 0.148. The number of carbonyl (C=O) groups is 3. The number of esters is 1. The Morgan fingerprint density at radius 3 is 2.44 bits per heavy atom. The number of nitro groups is 1. The number of anilines is 1. The molecule has 3 heterocycles. The summed E-state index contributed by atoms with van der Waals surface area (Å²) in [5, 5.41) is 10.6. The van der Waals surface area contributed by atoms with E-state index in [1.54, 1.807) is 20.8 Å². The fraction of sp³-hybridized carbons (Fsp3) is 0.400. The van der Waals surface area contributed by atoms with Crippen molar-refractivity contribution in [1.82, 2.24) is 4.57 Å². The topological polar surface area (TPSA) is 129 Å². The molecule has 2 amide bonds. The largest absolute Gasteiger partial charge is 0.465 e. The van der Waals surface area contributed by atoms with Crippen molar-refractivity contribution < 1.29 is 24.0 Å². The Morgan fingerprint density at radius 1 is 1.19 bits per heavy atom. The van der Waals surface area contributed by atoms with E-state index >= 15 is 0 Å². The summed E-state index contributed by atoms with van der Waals surface area (Å²) in [4.78, 5) is 63.0. The molecule has 0 N–H and O–H groups in total. The Bertz CT molecular complexity index is 1200. The summed E-state index contributed by atoms with van der Waals surface area (Å²) in [5.74, 6) is -2.16. The van der Waals surface area contributed by atoms with Crippen LogP contribution in [0.3, 0.4) is 0 Å². The molecule has 0 spiro atoms. The van der Waals surface area contributed by atoms with Crippen molar-refractivity contribution in [2.75, 3.05) is 11.5 Å². The number of hydrogen-bond donors (Lipinski definition) is 0. The normalized spacial score (nSPS) is 21.3. The second kappa shape index (κ2) is 7.85. The van der Waals surface area contributed by atoms with Gasteiger partial charge < -0.3 is 4.74 Å². The first-order chi connectivity index (χ1) is 15.1. The van der Waals surface area contributed by atoms with Crippen LogP contribution in [0.1, 0.15) is 25.6 Å². The average Bonchev–Trinajstić information content (AvgIpc) is 3.17. The van der Waals surface area contributed by atoms with Crippen molar-refractivity contribution in [2.45, 2.75) is 43.0 Å². The van der Waals surface area contributed by atoms with E-state index in [4.69, 9.17) is 4.74 Å². The molecule has 0 bridgehead atoms. The molecule has 1 fully saturated rings. The fourth-order valence-electron chi connectivity index (χ4n) is 4.08. The Morgan fingerprint density at radius 2 is 1.84 bits per heavy atom. The zero-order valence-corrected chi connectivity index (χ0v) is 19.0. The molecular formula is C20H19N3O7S2. The zero-order valence-electron chi connectivity index (χ0n) is 17.4. The molecule has 2 aromatic rings. The van der Waals surface area contributed by atoms with Gasteiger partial charge in [0.2, 0.25) is 11.8 Å². The standard InChI is InChI=1S/C20H19N3O7S2/c1-4-30-12(24)9-21-18-15(32-19(21)27)20(2,3)13-14(31-18)17(26)22(16(13)25)10-5-7-11(8-6-10)23(28)29/h5-8,13-14H,4,9H2,1-3H3. The van der Waals surface area contributed by atoms with Crippen LogP contribution in [-0.2, 0) is 31.1 Å². The van der Waals surface area contributed by atoms with Gasteiger partial charge >= 0.3 is 10.8 Å². The molecule has 12 heteroatoms. The van der Waals surface area contributed by atoms with Crippen molar-refractivity contribution in [3.8, 4) is 0 Å². The van der Waals surface area contributed by atoms with Gasteiger partial charge in [0.1, 0.15) is 11.8 Å². The molecule has 4 rings (SSSR count). The summed E-state index contributed by atoms with van der Waals surface area (Å²) in [6.45, 7) is 5.19. The molecule has 1 saturated heterocycles. The molecule has 10 nitrogen and oxygen atoms in total. The fourth-order valence-corrected chi connectivity index (χ4v) is 7.12. The van der Waals surface area contributed by atoms with Crippen LogP contribution in [0.25, 0.3) is 0 Å². The van der Waals surface area contributed by atoms with Crippen LogP contribution >= 0.6 is 23.1 Å². The first kappa shape index (κ1) is 22.2. The van der Waals surface area contributed by atoms with Crippen LogP contribution in [0.15, 0.2) is 34.1 Å². The number of fused-ring (bicyclic) bond motifs is 2. The van der Waals surface area contributed by atoms with E-state index in [2.05, 4.69) is 0 Å². The average molecular weight is 478 g/mol. The van der Waals surface area contributed by atoms with E-state index in [1.165, 1.54) is 28.8 Å². The van der Waals surface area contributed by atoms with E-state index in [9.17, 15) is 29.3 Å². The van der Waals surface area contributed by atoms with Gasteiger partial charge in [-0.3, -0.25) is 33.9 Å². The van der Waals surface area contributed by atoms with Gasteiger partial charge in [-0.15, -0.1) is 0 Å². The maximum atomic E-state index is 13.4. The van der Waals surface area contributed by atoms with Crippen LogP contribution in [0.2, 0.25) is 0 Å². The predicted molar refractivity (Wildman–Crippen MR) is 117 cm³/mol. The monoisotopic (exact) mass is 477 g/mol. The van der Waals surface area contributed by atoms with Crippen molar-refractivity contribution >= 4 is 52.3 Å². The summed E-state index contributed by atoms with van der Waals surface area (Å²) in [7, 11) is 0. The molecule has 32 heavy (non-hydrogen) atoms. The number of carbonyl (C=O) groups excluding carboxylic acids is 3. The number of non-ortho nitro benzene ring substituents is 1. The highest BCUT2D eigenvalue weighted by molar-refractivity contribution is 8.00. The molecule has 2 aliphatic rings.